The Kier molecular flexibility index (Phi) is 4.82. The van der Waals surface area contributed by atoms with E-state index >= 15 is 0 Å². The number of hydrogen-bond acceptors (Lipinski definition) is 5. The van der Waals surface area contributed by atoms with Crippen molar-refractivity contribution in [2.24, 2.45) is 0 Å². The van der Waals surface area contributed by atoms with Crippen molar-refractivity contribution in [1.29, 1.82) is 0 Å². The summed E-state index contributed by atoms with van der Waals surface area (Å²) in [6.45, 7) is 1.70. The van der Waals surface area contributed by atoms with Crippen LogP contribution in [0.1, 0.15) is 42.9 Å². The maximum absolute atomic E-state index is 14.0. The van der Waals surface area contributed by atoms with E-state index in [1.807, 2.05) is 6.07 Å². The fourth-order valence-electron chi connectivity index (χ4n) is 4.17. The normalized spacial score (nSPS) is 21.7. The number of carbonyl (C=O) groups is 2. The maximum atomic E-state index is 14.0. The first kappa shape index (κ1) is 19.1. The Hall–Kier alpha value is -3.22. The summed E-state index contributed by atoms with van der Waals surface area (Å²) in [6.07, 6.45) is 2.25. The molecule has 1 N–H and O–H groups in total. The van der Waals surface area contributed by atoms with Crippen LogP contribution in [-0.2, 0) is 14.3 Å². The lowest BCUT2D eigenvalue weighted by Gasteiger charge is -2.36. The Labute approximate surface area is 166 Å². The number of allylic oxidation sites excluding steroid dienone is 3. The molecule has 0 radical (unpaired) electrons. The lowest BCUT2D eigenvalue weighted by molar-refractivity contribution is -0.136. The van der Waals surface area contributed by atoms with Crippen LogP contribution in [0.15, 0.2) is 63.6 Å². The minimum Gasteiger partial charge on any atom is -0.469 e. The molecule has 29 heavy (non-hydrogen) atoms. The molecule has 150 valence electrons. The van der Waals surface area contributed by atoms with E-state index in [1.54, 1.807) is 19.3 Å². The number of methoxy groups -OCH3 is 1. The van der Waals surface area contributed by atoms with E-state index in [0.29, 0.717) is 34.7 Å². The van der Waals surface area contributed by atoms with E-state index in [1.165, 1.54) is 13.2 Å². The third kappa shape index (κ3) is 3.26. The minimum absolute atomic E-state index is 0.137. The van der Waals surface area contributed by atoms with Gasteiger partial charge in [0.2, 0.25) is 0 Å². The number of ether oxygens (including phenoxy) is 1. The number of nitrogens with one attached hydrogen (secondary N) is 1. The van der Waals surface area contributed by atoms with Gasteiger partial charge in [0.15, 0.2) is 17.4 Å². The van der Waals surface area contributed by atoms with Crippen molar-refractivity contribution in [3.63, 3.8) is 0 Å². The molecule has 7 heteroatoms. The van der Waals surface area contributed by atoms with E-state index in [9.17, 15) is 18.4 Å². The first-order chi connectivity index (χ1) is 13.9. The SMILES string of the molecule is COC(=O)C1=C(C)NC2=C(C(=O)CC(c3ccco3)C2)C1c1ccc(F)c(F)c1. The average Bonchev–Trinajstić information content (AvgIpc) is 3.23. The number of halogens is 2. The van der Waals surface area contributed by atoms with Crippen LogP contribution in [0, 0.1) is 11.6 Å². The van der Waals surface area contributed by atoms with Crippen molar-refractivity contribution in [3.05, 3.63) is 82.1 Å². The van der Waals surface area contributed by atoms with Crippen LogP contribution in [0.5, 0.6) is 0 Å². The fraction of sp³-hybridized carbons (Fsp3) is 0.273. The molecule has 0 amide bonds. The molecule has 1 aliphatic carbocycles. The van der Waals surface area contributed by atoms with Crippen LogP contribution in [0.3, 0.4) is 0 Å². The Bertz CT molecular complexity index is 1050. The summed E-state index contributed by atoms with van der Waals surface area (Å²) in [5, 5.41) is 3.16. The molecular weight excluding hydrogens is 380 g/mol. The second kappa shape index (κ2) is 7.31. The van der Waals surface area contributed by atoms with Crippen molar-refractivity contribution in [3.8, 4) is 0 Å². The molecule has 1 aliphatic heterocycles. The summed E-state index contributed by atoms with van der Waals surface area (Å²) in [5.74, 6) is -3.11. The van der Waals surface area contributed by atoms with Gasteiger partial charge in [-0.05, 0) is 43.2 Å². The predicted octanol–water partition coefficient (Wildman–Crippen LogP) is 4.09. The zero-order valence-electron chi connectivity index (χ0n) is 15.9. The van der Waals surface area contributed by atoms with Crippen LogP contribution in [-0.4, -0.2) is 18.9 Å². The van der Waals surface area contributed by atoms with E-state index in [-0.39, 0.29) is 23.7 Å². The second-order valence-electron chi connectivity index (χ2n) is 7.20. The molecule has 2 heterocycles. The number of dihydropyridines is 1. The Balaban J connectivity index is 1.84. The third-order valence-corrected chi connectivity index (χ3v) is 5.46. The standard InChI is InChI=1S/C22H19F2NO4/c1-11-19(22(27)28-2)20(12-5-6-14(23)15(24)8-12)21-16(25-11)9-13(10-17(21)26)18-4-3-7-29-18/h3-8,13,20,25H,9-10H2,1-2H3. The van der Waals surface area contributed by atoms with Crippen LogP contribution in [0.2, 0.25) is 0 Å². The second-order valence-corrected chi connectivity index (χ2v) is 7.20. The number of rotatable bonds is 3. The Morgan fingerprint density at radius 1 is 1.21 bits per heavy atom. The van der Waals surface area contributed by atoms with Gasteiger partial charge < -0.3 is 14.5 Å². The van der Waals surface area contributed by atoms with Crippen LogP contribution in [0.4, 0.5) is 8.78 Å². The zero-order chi connectivity index (χ0) is 20.7. The fourth-order valence-corrected chi connectivity index (χ4v) is 4.17. The lowest BCUT2D eigenvalue weighted by atomic mass is 9.72. The molecule has 0 fully saturated rings. The van der Waals surface area contributed by atoms with E-state index in [0.717, 1.165) is 12.1 Å². The molecule has 4 rings (SSSR count). The number of ketones is 1. The summed E-state index contributed by atoms with van der Waals surface area (Å²) in [4.78, 5) is 25.7. The quantitative estimate of drug-likeness (QED) is 0.788. The van der Waals surface area contributed by atoms with Gasteiger partial charge in [-0.3, -0.25) is 4.79 Å². The molecule has 5 nitrogen and oxygen atoms in total. The third-order valence-electron chi connectivity index (χ3n) is 5.46. The van der Waals surface area contributed by atoms with Gasteiger partial charge in [-0.2, -0.15) is 0 Å². The van der Waals surface area contributed by atoms with Crippen molar-refractivity contribution < 1.29 is 27.5 Å². The molecule has 0 saturated carbocycles. The highest BCUT2D eigenvalue weighted by Gasteiger charge is 2.41. The number of benzene rings is 1. The highest BCUT2D eigenvalue weighted by atomic mass is 19.2. The minimum atomic E-state index is -1.04. The van der Waals surface area contributed by atoms with Crippen molar-refractivity contribution in [1.82, 2.24) is 5.32 Å². The summed E-state index contributed by atoms with van der Waals surface area (Å²) >= 11 is 0. The Morgan fingerprint density at radius 3 is 2.66 bits per heavy atom. The largest absolute Gasteiger partial charge is 0.469 e. The molecule has 2 atom stereocenters. The molecule has 2 aliphatic rings. The van der Waals surface area contributed by atoms with Gasteiger partial charge in [-0.25, -0.2) is 13.6 Å². The number of furan rings is 1. The highest BCUT2D eigenvalue weighted by Crippen LogP contribution is 2.45. The van der Waals surface area contributed by atoms with Crippen LogP contribution in [0.25, 0.3) is 0 Å². The van der Waals surface area contributed by atoms with Crippen molar-refractivity contribution in [2.75, 3.05) is 7.11 Å². The Morgan fingerprint density at radius 2 is 2.00 bits per heavy atom. The van der Waals surface area contributed by atoms with Crippen LogP contribution >= 0.6 is 0 Å². The molecule has 2 aromatic rings. The van der Waals surface area contributed by atoms with E-state index in [2.05, 4.69) is 5.32 Å². The lowest BCUT2D eigenvalue weighted by Crippen LogP contribution is -2.36. The average molecular weight is 399 g/mol. The molecular formula is C22H19F2NO4. The molecule has 2 unspecified atom stereocenters. The summed E-state index contributed by atoms with van der Waals surface area (Å²) in [6, 6.07) is 7.00. The van der Waals surface area contributed by atoms with Crippen molar-refractivity contribution >= 4 is 11.8 Å². The number of hydrogen-bond donors (Lipinski definition) is 1. The van der Waals surface area contributed by atoms with E-state index in [4.69, 9.17) is 9.15 Å². The monoisotopic (exact) mass is 399 g/mol. The van der Waals surface area contributed by atoms with E-state index < -0.39 is 23.5 Å². The molecule has 0 saturated heterocycles. The predicted molar refractivity (Wildman–Crippen MR) is 99.7 cm³/mol. The number of carbonyl (C=O) groups excluding carboxylic acids is 2. The number of Topliss-reactive ketones (excluding diaryl/α,β-unsaturated/α-hetero) is 1. The first-order valence-electron chi connectivity index (χ1n) is 9.21. The molecule has 1 aromatic carbocycles. The highest BCUT2D eigenvalue weighted by molar-refractivity contribution is 6.04. The summed E-state index contributed by atoms with van der Waals surface area (Å²) in [5.41, 5.74) is 2.08. The summed E-state index contributed by atoms with van der Waals surface area (Å²) in [7, 11) is 1.24. The van der Waals surface area contributed by atoms with Crippen LogP contribution < -0.4 is 5.32 Å². The van der Waals surface area contributed by atoms with Gasteiger partial charge in [-0.15, -0.1) is 0 Å². The van der Waals surface area contributed by atoms with Gasteiger partial charge in [-0.1, -0.05) is 6.07 Å². The van der Waals surface area contributed by atoms with Gasteiger partial charge in [0.25, 0.3) is 0 Å². The molecule has 0 bridgehead atoms. The first-order valence-corrected chi connectivity index (χ1v) is 9.21. The smallest absolute Gasteiger partial charge is 0.336 e. The van der Waals surface area contributed by atoms with Gasteiger partial charge in [0.05, 0.1) is 18.9 Å². The molecule has 1 aromatic heterocycles. The van der Waals surface area contributed by atoms with Gasteiger partial charge >= 0.3 is 5.97 Å². The number of esters is 1. The van der Waals surface area contributed by atoms with Crippen molar-refractivity contribution in [2.45, 2.75) is 31.6 Å². The topological polar surface area (TPSA) is 68.5 Å². The molecule has 0 spiro atoms. The summed E-state index contributed by atoms with van der Waals surface area (Å²) < 4.78 is 37.8. The zero-order valence-corrected chi connectivity index (χ0v) is 15.9. The maximum Gasteiger partial charge on any atom is 0.336 e. The van der Waals surface area contributed by atoms with Gasteiger partial charge in [0.1, 0.15) is 5.76 Å². The van der Waals surface area contributed by atoms with Gasteiger partial charge in [0, 0.05) is 35.2 Å².